The van der Waals surface area contributed by atoms with Gasteiger partial charge in [-0.05, 0) is 39.8 Å². The number of carbonyl (C=O) groups excluding carboxylic acids is 1. The molecule has 0 spiro atoms. The molecule has 1 aromatic rings. The second-order valence-electron chi connectivity index (χ2n) is 7.20. The molecule has 1 heterocycles. The second-order valence-corrected chi connectivity index (χ2v) is 8.12. The quantitative estimate of drug-likeness (QED) is 0.773. The Bertz CT molecular complexity index is 586. The summed E-state index contributed by atoms with van der Waals surface area (Å²) in [5, 5.41) is 0. The third-order valence-corrected chi connectivity index (χ3v) is 4.53. The van der Waals surface area contributed by atoms with Gasteiger partial charge in [0.1, 0.15) is 11.4 Å². The highest BCUT2D eigenvalue weighted by atomic mass is 79.9. The third kappa shape index (κ3) is 5.11. The average molecular weight is 399 g/mol. The molecular formula is C18H27BrN2O3. The molecule has 0 saturated carbocycles. The molecule has 1 saturated heterocycles. The lowest BCUT2D eigenvalue weighted by Crippen LogP contribution is -2.54. The fraction of sp³-hybridized carbons (Fsp3) is 0.611. The van der Waals surface area contributed by atoms with Crippen molar-refractivity contribution in [2.45, 2.75) is 45.9 Å². The van der Waals surface area contributed by atoms with Crippen molar-refractivity contribution in [3.05, 3.63) is 28.2 Å². The lowest BCUT2D eigenvalue weighted by molar-refractivity contribution is 0.00451. The molecule has 1 atom stereocenters. The monoisotopic (exact) mass is 398 g/mol. The molecule has 0 N–H and O–H groups in total. The highest BCUT2D eigenvalue weighted by molar-refractivity contribution is 9.10. The molecule has 1 aromatic carbocycles. The number of hydrogen-bond acceptors (Lipinski definition) is 4. The maximum atomic E-state index is 12.2. The number of ether oxygens (including phenoxy) is 2. The fourth-order valence-corrected chi connectivity index (χ4v) is 3.13. The van der Waals surface area contributed by atoms with Crippen molar-refractivity contribution in [2.24, 2.45) is 0 Å². The summed E-state index contributed by atoms with van der Waals surface area (Å²) >= 11 is 3.47. The zero-order valence-electron chi connectivity index (χ0n) is 15.1. The van der Waals surface area contributed by atoms with E-state index in [0.717, 1.165) is 28.9 Å². The van der Waals surface area contributed by atoms with Gasteiger partial charge in [-0.3, -0.25) is 4.90 Å². The van der Waals surface area contributed by atoms with Gasteiger partial charge in [0.2, 0.25) is 0 Å². The van der Waals surface area contributed by atoms with Crippen molar-refractivity contribution in [1.29, 1.82) is 0 Å². The number of rotatable bonds is 3. The Morgan fingerprint density at radius 3 is 2.62 bits per heavy atom. The number of methoxy groups -OCH3 is 1. The van der Waals surface area contributed by atoms with Crippen molar-refractivity contribution >= 4 is 22.0 Å². The van der Waals surface area contributed by atoms with Gasteiger partial charge in [-0.15, -0.1) is 0 Å². The minimum absolute atomic E-state index is 0.227. The minimum Gasteiger partial charge on any atom is -0.496 e. The molecule has 1 amide bonds. The largest absolute Gasteiger partial charge is 0.496 e. The summed E-state index contributed by atoms with van der Waals surface area (Å²) in [7, 11) is 1.69. The lowest BCUT2D eigenvalue weighted by Gasteiger charge is -2.40. The molecule has 6 heteroatoms. The molecule has 1 aliphatic heterocycles. The van der Waals surface area contributed by atoms with Gasteiger partial charge in [-0.25, -0.2) is 4.79 Å². The summed E-state index contributed by atoms with van der Waals surface area (Å²) in [5.41, 5.74) is 0.695. The van der Waals surface area contributed by atoms with E-state index in [1.807, 2.05) is 32.9 Å². The summed E-state index contributed by atoms with van der Waals surface area (Å²) in [6.45, 7) is 10.8. The summed E-state index contributed by atoms with van der Waals surface area (Å²) in [6, 6.07) is 6.35. The van der Waals surface area contributed by atoms with E-state index in [-0.39, 0.29) is 12.1 Å². The van der Waals surface area contributed by atoms with Gasteiger partial charge < -0.3 is 14.4 Å². The first-order valence-electron chi connectivity index (χ1n) is 8.24. The normalized spacial score (nSPS) is 19.2. The molecule has 5 nitrogen and oxygen atoms in total. The Morgan fingerprint density at radius 2 is 2.04 bits per heavy atom. The van der Waals surface area contributed by atoms with Gasteiger partial charge in [0.25, 0.3) is 0 Å². The number of nitrogens with zero attached hydrogens (tertiary/aromatic N) is 2. The average Bonchev–Trinajstić information content (AvgIpc) is 2.49. The van der Waals surface area contributed by atoms with Crippen molar-refractivity contribution < 1.29 is 14.3 Å². The van der Waals surface area contributed by atoms with Gasteiger partial charge in [0.15, 0.2) is 0 Å². The number of amides is 1. The smallest absolute Gasteiger partial charge is 0.410 e. The SMILES string of the molecule is COc1cc(Br)ccc1CN1CCN(C(=O)OC(C)(C)C)C[C@@H]1C. The van der Waals surface area contributed by atoms with E-state index in [9.17, 15) is 4.79 Å². The Hall–Kier alpha value is -1.27. The van der Waals surface area contributed by atoms with Gasteiger partial charge in [-0.1, -0.05) is 22.0 Å². The van der Waals surface area contributed by atoms with Crippen LogP contribution in [0.2, 0.25) is 0 Å². The third-order valence-electron chi connectivity index (χ3n) is 4.04. The Kier molecular flexibility index (Phi) is 6.15. The molecule has 0 bridgehead atoms. The van der Waals surface area contributed by atoms with Crippen LogP contribution in [-0.2, 0) is 11.3 Å². The molecule has 0 aromatic heterocycles. The fourth-order valence-electron chi connectivity index (χ4n) is 2.79. The molecule has 0 radical (unpaired) electrons. The van der Waals surface area contributed by atoms with Crippen LogP contribution in [0, 0.1) is 0 Å². The van der Waals surface area contributed by atoms with Gasteiger partial charge in [0, 0.05) is 42.3 Å². The number of hydrogen-bond donors (Lipinski definition) is 0. The molecule has 1 fully saturated rings. The summed E-state index contributed by atoms with van der Waals surface area (Å²) < 4.78 is 12.0. The van der Waals surface area contributed by atoms with Gasteiger partial charge in [0.05, 0.1) is 7.11 Å². The highest BCUT2D eigenvalue weighted by Crippen LogP contribution is 2.26. The van der Waals surface area contributed by atoms with E-state index in [4.69, 9.17) is 9.47 Å². The highest BCUT2D eigenvalue weighted by Gasteiger charge is 2.30. The Balaban J connectivity index is 1.98. The van der Waals surface area contributed by atoms with Crippen molar-refractivity contribution in [2.75, 3.05) is 26.7 Å². The Labute approximate surface area is 153 Å². The second kappa shape index (κ2) is 7.74. The number of piperazine rings is 1. The first-order valence-corrected chi connectivity index (χ1v) is 9.03. The van der Waals surface area contributed by atoms with Crippen molar-refractivity contribution in [3.8, 4) is 5.75 Å². The molecule has 1 aliphatic rings. The van der Waals surface area contributed by atoms with E-state index < -0.39 is 5.60 Å². The van der Waals surface area contributed by atoms with E-state index >= 15 is 0 Å². The van der Waals surface area contributed by atoms with Crippen LogP contribution in [0.15, 0.2) is 22.7 Å². The van der Waals surface area contributed by atoms with Crippen LogP contribution in [0.4, 0.5) is 4.79 Å². The van der Waals surface area contributed by atoms with E-state index in [0.29, 0.717) is 13.1 Å². The summed E-state index contributed by atoms with van der Waals surface area (Å²) in [5.74, 6) is 0.881. The van der Waals surface area contributed by atoms with Gasteiger partial charge >= 0.3 is 6.09 Å². The zero-order chi connectivity index (χ0) is 17.9. The van der Waals surface area contributed by atoms with Crippen LogP contribution >= 0.6 is 15.9 Å². The van der Waals surface area contributed by atoms with Crippen LogP contribution < -0.4 is 4.74 Å². The number of halogens is 1. The van der Waals surface area contributed by atoms with Crippen LogP contribution in [0.1, 0.15) is 33.3 Å². The van der Waals surface area contributed by atoms with Crippen molar-refractivity contribution in [3.63, 3.8) is 0 Å². The Morgan fingerprint density at radius 1 is 1.33 bits per heavy atom. The molecule has 0 aliphatic carbocycles. The van der Waals surface area contributed by atoms with Crippen LogP contribution in [0.25, 0.3) is 0 Å². The maximum Gasteiger partial charge on any atom is 0.410 e. The molecule has 0 unspecified atom stereocenters. The maximum absolute atomic E-state index is 12.2. The first-order chi connectivity index (χ1) is 11.2. The van der Waals surface area contributed by atoms with E-state index in [2.05, 4.69) is 33.8 Å². The molecular weight excluding hydrogens is 372 g/mol. The summed E-state index contributed by atoms with van der Waals surface area (Å²) in [6.07, 6.45) is -0.227. The van der Waals surface area contributed by atoms with E-state index in [1.54, 1.807) is 12.0 Å². The summed E-state index contributed by atoms with van der Waals surface area (Å²) in [4.78, 5) is 16.4. The standard InChI is InChI=1S/C18H27BrN2O3/c1-13-11-21(17(22)24-18(2,3)4)9-8-20(13)12-14-6-7-15(19)10-16(14)23-5/h6-7,10,13H,8-9,11-12H2,1-5H3/t13-/m0/s1. The molecule has 134 valence electrons. The lowest BCUT2D eigenvalue weighted by atomic mass is 10.1. The molecule has 24 heavy (non-hydrogen) atoms. The van der Waals surface area contributed by atoms with E-state index in [1.165, 1.54) is 0 Å². The predicted molar refractivity (Wildman–Crippen MR) is 98.4 cm³/mol. The predicted octanol–water partition coefficient (Wildman–Crippen LogP) is 3.90. The first kappa shape index (κ1) is 19.1. The minimum atomic E-state index is -0.456. The topological polar surface area (TPSA) is 42.0 Å². The molecule has 2 rings (SSSR count). The zero-order valence-corrected chi connectivity index (χ0v) is 16.7. The van der Waals surface area contributed by atoms with Gasteiger partial charge in [-0.2, -0.15) is 0 Å². The van der Waals surface area contributed by atoms with Crippen LogP contribution in [-0.4, -0.2) is 54.3 Å². The van der Waals surface area contributed by atoms with Crippen LogP contribution in [0.5, 0.6) is 5.75 Å². The van der Waals surface area contributed by atoms with Crippen LogP contribution in [0.3, 0.4) is 0 Å². The van der Waals surface area contributed by atoms with Crippen molar-refractivity contribution in [1.82, 2.24) is 9.80 Å². The number of benzene rings is 1. The number of carbonyl (C=O) groups is 1.